The molecule has 0 saturated heterocycles. The molecule has 14 heteroatoms. The van der Waals surface area contributed by atoms with E-state index in [0.717, 1.165) is 0 Å². The Labute approximate surface area is 174 Å². The van der Waals surface area contributed by atoms with Crippen LogP contribution in [0.4, 0.5) is 32.0 Å². The summed E-state index contributed by atoms with van der Waals surface area (Å²) in [6, 6.07) is 1.49. The molecule has 0 aliphatic heterocycles. The Hall–Kier alpha value is -3.35. The number of nitrogens with zero attached hydrogens (tertiary/aromatic N) is 2. The van der Waals surface area contributed by atoms with E-state index < -0.39 is 62.3 Å². The van der Waals surface area contributed by atoms with Gasteiger partial charge in [0.15, 0.2) is 5.82 Å². The topological polar surface area (TPSA) is 94.4 Å². The number of alkyl halides is 3. The second-order valence-electron chi connectivity index (χ2n) is 5.65. The largest absolute Gasteiger partial charge is 0.473 e. The van der Waals surface area contributed by atoms with Crippen LogP contribution in [0.1, 0.15) is 15.9 Å². The number of nitrogens with one attached hydrogen (secondary N) is 1. The van der Waals surface area contributed by atoms with Gasteiger partial charge < -0.3 is 10.1 Å². The highest BCUT2D eigenvalue weighted by Gasteiger charge is 2.32. The quantitative estimate of drug-likeness (QED) is 0.161. The molecule has 1 amide bonds. The number of carbonyl (C=O) groups is 1. The van der Waals surface area contributed by atoms with Gasteiger partial charge in [-0.15, -0.1) is 0 Å². The van der Waals surface area contributed by atoms with Gasteiger partial charge in [-0.1, -0.05) is 17.7 Å². The number of aromatic nitrogens is 1. The van der Waals surface area contributed by atoms with Gasteiger partial charge >= 0.3 is 11.9 Å². The number of ether oxygens (including phenoxy) is 1. The highest BCUT2D eigenvalue weighted by molar-refractivity contribution is 6.29. The lowest BCUT2D eigenvalue weighted by molar-refractivity contribution is -0.387. The van der Waals surface area contributed by atoms with Crippen LogP contribution in [0, 0.1) is 27.6 Å². The molecule has 1 heterocycles. The lowest BCUT2D eigenvalue weighted by Gasteiger charge is -2.09. The maximum atomic E-state index is 13.7. The fourth-order valence-electron chi connectivity index (χ4n) is 2.13. The van der Waals surface area contributed by atoms with Gasteiger partial charge in [0.25, 0.3) is 5.91 Å². The predicted octanol–water partition coefficient (Wildman–Crippen LogP) is 4.44. The van der Waals surface area contributed by atoms with Gasteiger partial charge in [-0.05, 0) is 12.1 Å². The predicted molar refractivity (Wildman–Crippen MR) is 94.2 cm³/mol. The normalized spacial score (nSPS) is 11.6. The zero-order valence-corrected chi connectivity index (χ0v) is 15.7. The van der Waals surface area contributed by atoms with Gasteiger partial charge in [0, 0.05) is 18.7 Å². The van der Waals surface area contributed by atoms with Crippen molar-refractivity contribution in [3.05, 3.63) is 74.2 Å². The number of pyridine rings is 1. The Morgan fingerprint density at radius 2 is 1.84 bits per heavy atom. The standard InChI is InChI=1S/C17H10ClF6N3O4/c18-11-5-8(17(22,23)24)6-12(26-11)31-4-2-1-3-25-16(28)9-7-10(27(29)30)14(20)15(21)13(9)19/h1-2,5-7H,3-4H2,(H,25,28)/b2-1+. The van der Waals surface area contributed by atoms with Crippen molar-refractivity contribution in [1.82, 2.24) is 10.3 Å². The third-order valence-corrected chi connectivity index (χ3v) is 3.74. The number of amides is 1. The van der Waals surface area contributed by atoms with Gasteiger partial charge in [-0.25, -0.2) is 13.8 Å². The van der Waals surface area contributed by atoms with Crippen molar-refractivity contribution in [2.24, 2.45) is 0 Å². The molecule has 0 spiro atoms. The van der Waals surface area contributed by atoms with Crippen molar-refractivity contribution in [2.45, 2.75) is 6.18 Å². The minimum absolute atomic E-state index is 0.249. The summed E-state index contributed by atoms with van der Waals surface area (Å²) < 4.78 is 83.5. The molecule has 0 atom stereocenters. The summed E-state index contributed by atoms with van der Waals surface area (Å²) in [5.74, 6) is -7.79. The first-order chi connectivity index (χ1) is 14.4. The Morgan fingerprint density at radius 3 is 2.45 bits per heavy atom. The molecule has 1 aromatic carbocycles. The van der Waals surface area contributed by atoms with Crippen LogP contribution in [-0.2, 0) is 6.18 Å². The van der Waals surface area contributed by atoms with Crippen LogP contribution in [0.3, 0.4) is 0 Å². The molecular weight excluding hydrogens is 460 g/mol. The fourth-order valence-corrected chi connectivity index (χ4v) is 2.33. The number of rotatable bonds is 7. The van der Waals surface area contributed by atoms with Crippen molar-refractivity contribution in [3.63, 3.8) is 0 Å². The summed E-state index contributed by atoms with van der Waals surface area (Å²) in [7, 11) is 0. The van der Waals surface area contributed by atoms with Gasteiger partial charge in [-0.2, -0.15) is 17.6 Å². The second-order valence-corrected chi connectivity index (χ2v) is 6.04. The third-order valence-electron chi connectivity index (χ3n) is 3.54. The van der Waals surface area contributed by atoms with Gasteiger partial charge in [-0.3, -0.25) is 14.9 Å². The summed E-state index contributed by atoms with van der Waals surface area (Å²) in [6.07, 6.45) is -2.17. The molecule has 1 aromatic heterocycles. The summed E-state index contributed by atoms with van der Waals surface area (Å²) >= 11 is 5.50. The number of hydrogen-bond donors (Lipinski definition) is 1. The first kappa shape index (κ1) is 23.9. The third kappa shape index (κ3) is 6.07. The van der Waals surface area contributed by atoms with E-state index in [0.29, 0.717) is 12.1 Å². The first-order valence-corrected chi connectivity index (χ1v) is 8.42. The average Bonchev–Trinajstić information content (AvgIpc) is 2.67. The lowest BCUT2D eigenvalue weighted by Crippen LogP contribution is -2.25. The van der Waals surface area contributed by atoms with E-state index >= 15 is 0 Å². The van der Waals surface area contributed by atoms with Crippen LogP contribution in [-0.4, -0.2) is 29.0 Å². The highest BCUT2D eigenvalue weighted by Crippen LogP contribution is 2.32. The maximum absolute atomic E-state index is 13.7. The van der Waals surface area contributed by atoms with E-state index in [1.165, 1.54) is 12.2 Å². The first-order valence-electron chi connectivity index (χ1n) is 8.04. The molecule has 2 aromatic rings. The van der Waals surface area contributed by atoms with Crippen LogP contribution in [0.5, 0.6) is 5.88 Å². The van der Waals surface area contributed by atoms with Crippen molar-refractivity contribution in [2.75, 3.05) is 13.2 Å². The second kappa shape index (κ2) is 9.64. The minimum Gasteiger partial charge on any atom is -0.473 e. The molecule has 0 aliphatic carbocycles. The van der Waals surface area contributed by atoms with Gasteiger partial charge in [0.1, 0.15) is 11.8 Å². The molecule has 0 aliphatic rings. The fraction of sp³-hybridized carbons (Fsp3) is 0.176. The molecule has 166 valence electrons. The summed E-state index contributed by atoms with van der Waals surface area (Å²) in [5.41, 5.74) is -3.57. The van der Waals surface area contributed by atoms with Crippen LogP contribution in [0.25, 0.3) is 0 Å². The van der Waals surface area contributed by atoms with Crippen LogP contribution >= 0.6 is 11.6 Å². The van der Waals surface area contributed by atoms with E-state index in [-0.39, 0.29) is 19.2 Å². The Bertz CT molecular complexity index is 1050. The number of hydrogen-bond acceptors (Lipinski definition) is 5. The molecule has 0 fully saturated rings. The van der Waals surface area contributed by atoms with Crippen molar-refractivity contribution in [3.8, 4) is 5.88 Å². The lowest BCUT2D eigenvalue weighted by atomic mass is 10.1. The van der Waals surface area contributed by atoms with Crippen molar-refractivity contribution < 1.29 is 40.8 Å². The summed E-state index contributed by atoms with van der Waals surface area (Å²) in [5, 5.41) is 12.3. The Morgan fingerprint density at radius 1 is 1.16 bits per heavy atom. The zero-order chi connectivity index (χ0) is 23.3. The number of nitro groups is 1. The van der Waals surface area contributed by atoms with Crippen molar-refractivity contribution >= 4 is 23.2 Å². The van der Waals surface area contributed by atoms with E-state index in [4.69, 9.17) is 16.3 Å². The summed E-state index contributed by atoms with van der Waals surface area (Å²) in [4.78, 5) is 24.8. The summed E-state index contributed by atoms with van der Waals surface area (Å²) in [6.45, 7) is -0.587. The van der Waals surface area contributed by atoms with Crippen molar-refractivity contribution in [1.29, 1.82) is 0 Å². The molecule has 31 heavy (non-hydrogen) atoms. The van der Waals surface area contributed by atoms with E-state index in [2.05, 4.69) is 10.3 Å². The molecule has 1 N–H and O–H groups in total. The van der Waals surface area contributed by atoms with E-state index in [1.54, 1.807) is 0 Å². The number of carbonyl (C=O) groups excluding carboxylic acids is 1. The van der Waals surface area contributed by atoms with Gasteiger partial charge in [0.05, 0.1) is 16.1 Å². The van der Waals surface area contributed by atoms with E-state index in [1.807, 2.05) is 0 Å². The maximum Gasteiger partial charge on any atom is 0.416 e. The minimum atomic E-state index is -4.66. The molecule has 0 unspecified atom stereocenters. The SMILES string of the molecule is O=C(NC/C=C/COc1cc(C(F)(F)F)cc(Cl)n1)c1cc([N+](=O)[O-])c(F)c(F)c1F. The number of benzene rings is 1. The molecule has 0 radical (unpaired) electrons. The molecule has 0 bridgehead atoms. The number of halogens is 7. The monoisotopic (exact) mass is 469 g/mol. The van der Waals surface area contributed by atoms with E-state index in [9.17, 15) is 41.3 Å². The highest BCUT2D eigenvalue weighted by atomic mass is 35.5. The van der Waals surface area contributed by atoms with Crippen LogP contribution in [0.2, 0.25) is 5.15 Å². The van der Waals surface area contributed by atoms with Crippen LogP contribution in [0.15, 0.2) is 30.4 Å². The molecular formula is C17H10ClF6N3O4. The molecule has 0 saturated carbocycles. The smallest absolute Gasteiger partial charge is 0.416 e. The zero-order valence-electron chi connectivity index (χ0n) is 15.0. The molecule has 2 rings (SSSR count). The van der Waals surface area contributed by atoms with Crippen LogP contribution < -0.4 is 10.1 Å². The molecule has 7 nitrogen and oxygen atoms in total. The average molecular weight is 470 g/mol. The number of nitro benzene ring substituents is 1. The van der Waals surface area contributed by atoms with Gasteiger partial charge in [0.2, 0.25) is 17.5 Å². The Kier molecular flexibility index (Phi) is 7.44. The Balaban J connectivity index is 1.95.